The third-order valence-corrected chi connectivity index (χ3v) is 4.28. The highest BCUT2D eigenvalue weighted by Crippen LogP contribution is 2.48. The predicted molar refractivity (Wildman–Crippen MR) is 64.3 cm³/mol. The Hall–Kier alpha value is -0.770. The minimum Gasteiger partial charge on any atom is -0.198 e. The summed E-state index contributed by atoms with van der Waals surface area (Å²) in [5.41, 5.74) is 0.500. The zero-order valence-electron chi connectivity index (χ0n) is 10.3. The van der Waals surface area contributed by atoms with E-state index in [9.17, 15) is 0 Å². The van der Waals surface area contributed by atoms with Crippen molar-refractivity contribution < 1.29 is 0 Å². The average molecular weight is 205 g/mol. The second-order valence-corrected chi connectivity index (χ2v) is 5.40. The van der Waals surface area contributed by atoms with Gasteiger partial charge in [0.15, 0.2) is 0 Å². The van der Waals surface area contributed by atoms with E-state index in [-0.39, 0.29) is 0 Å². The Kier molecular flexibility index (Phi) is 4.39. The summed E-state index contributed by atoms with van der Waals surface area (Å²) in [5.74, 6) is 1.70. The largest absolute Gasteiger partial charge is 0.198 e. The first-order chi connectivity index (χ1) is 7.09. The van der Waals surface area contributed by atoms with Crippen LogP contribution < -0.4 is 0 Å². The van der Waals surface area contributed by atoms with E-state index in [2.05, 4.69) is 39.0 Å². The van der Waals surface area contributed by atoms with Crippen molar-refractivity contribution in [2.75, 3.05) is 0 Å². The Balaban J connectivity index is 2.34. The van der Waals surface area contributed by atoms with E-state index in [1.54, 1.807) is 0 Å². The fourth-order valence-electron chi connectivity index (χ4n) is 2.55. The molecule has 2 atom stereocenters. The standard InChI is InChI=1S/C14H23N/c1-12-9-10-13(14(12,2)3)8-6-4-5-7-11-15/h4,6,12-13H,5,7-10H2,1-3H3. The quantitative estimate of drug-likeness (QED) is 0.495. The lowest BCUT2D eigenvalue weighted by molar-refractivity contribution is 0.199. The zero-order chi connectivity index (χ0) is 11.3. The molecular weight excluding hydrogens is 182 g/mol. The van der Waals surface area contributed by atoms with Crippen LogP contribution in [0.15, 0.2) is 12.2 Å². The monoisotopic (exact) mass is 205 g/mol. The van der Waals surface area contributed by atoms with Crippen molar-refractivity contribution in [1.29, 1.82) is 5.26 Å². The second kappa shape index (κ2) is 5.35. The van der Waals surface area contributed by atoms with Gasteiger partial charge in [0.2, 0.25) is 0 Å². The van der Waals surface area contributed by atoms with Gasteiger partial charge in [0.1, 0.15) is 0 Å². The van der Waals surface area contributed by atoms with Gasteiger partial charge in [0, 0.05) is 6.42 Å². The summed E-state index contributed by atoms with van der Waals surface area (Å²) in [4.78, 5) is 0. The number of unbranched alkanes of at least 4 members (excludes halogenated alkanes) is 1. The third-order valence-electron chi connectivity index (χ3n) is 4.28. The molecule has 1 fully saturated rings. The van der Waals surface area contributed by atoms with Gasteiger partial charge in [0.05, 0.1) is 6.07 Å². The fraction of sp³-hybridized carbons (Fsp3) is 0.786. The van der Waals surface area contributed by atoms with Crippen molar-refractivity contribution in [3.8, 4) is 6.07 Å². The smallest absolute Gasteiger partial charge is 0.0624 e. The maximum atomic E-state index is 8.41. The van der Waals surface area contributed by atoms with E-state index in [0.717, 1.165) is 18.3 Å². The molecule has 1 heteroatoms. The Bertz CT molecular complexity index is 257. The summed E-state index contributed by atoms with van der Waals surface area (Å²) in [7, 11) is 0. The van der Waals surface area contributed by atoms with Gasteiger partial charge in [0.25, 0.3) is 0 Å². The number of hydrogen-bond donors (Lipinski definition) is 0. The van der Waals surface area contributed by atoms with Crippen LogP contribution in [-0.4, -0.2) is 0 Å². The van der Waals surface area contributed by atoms with E-state index >= 15 is 0 Å². The molecule has 0 aliphatic heterocycles. The Morgan fingerprint density at radius 1 is 1.33 bits per heavy atom. The highest BCUT2D eigenvalue weighted by Gasteiger charge is 2.39. The topological polar surface area (TPSA) is 23.8 Å². The van der Waals surface area contributed by atoms with Crippen LogP contribution >= 0.6 is 0 Å². The summed E-state index contributed by atoms with van der Waals surface area (Å²) >= 11 is 0. The Morgan fingerprint density at radius 2 is 2.07 bits per heavy atom. The maximum Gasteiger partial charge on any atom is 0.0624 e. The molecule has 1 aliphatic carbocycles. The molecule has 0 saturated heterocycles. The molecule has 1 nitrogen and oxygen atoms in total. The van der Waals surface area contributed by atoms with Crippen LogP contribution in [-0.2, 0) is 0 Å². The van der Waals surface area contributed by atoms with Crippen molar-refractivity contribution in [2.24, 2.45) is 17.3 Å². The minimum absolute atomic E-state index is 0.500. The third kappa shape index (κ3) is 3.09. The second-order valence-electron chi connectivity index (χ2n) is 5.40. The molecule has 0 bridgehead atoms. The van der Waals surface area contributed by atoms with Crippen molar-refractivity contribution in [2.45, 2.75) is 52.9 Å². The number of hydrogen-bond acceptors (Lipinski definition) is 1. The van der Waals surface area contributed by atoms with Gasteiger partial charge in [-0.3, -0.25) is 0 Å². The van der Waals surface area contributed by atoms with Gasteiger partial charge < -0.3 is 0 Å². The van der Waals surface area contributed by atoms with E-state index in [1.807, 2.05) is 0 Å². The lowest BCUT2D eigenvalue weighted by Crippen LogP contribution is -2.22. The molecule has 0 aromatic carbocycles. The molecule has 2 unspecified atom stereocenters. The Labute approximate surface area is 94.2 Å². The van der Waals surface area contributed by atoms with Gasteiger partial charge in [-0.1, -0.05) is 32.9 Å². The molecule has 0 N–H and O–H groups in total. The van der Waals surface area contributed by atoms with E-state index in [0.29, 0.717) is 11.8 Å². The SMILES string of the molecule is CC1CCC(CC=CCCC#N)C1(C)C. The molecule has 0 aromatic heterocycles. The zero-order valence-corrected chi connectivity index (χ0v) is 10.3. The van der Waals surface area contributed by atoms with Gasteiger partial charge in [-0.05, 0) is 42.9 Å². The molecule has 0 radical (unpaired) electrons. The molecule has 0 amide bonds. The summed E-state index contributed by atoms with van der Waals surface area (Å²) in [5, 5.41) is 8.41. The van der Waals surface area contributed by atoms with Crippen molar-refractivity contribution in [3.05, 3.63) is 12.2 Å². The summed E-state index contributed by atoms with van der Waals surface area (Å²) < 4.78 is 0. The van der Waals surface area contributed by atoms with Gasteiger partial charge in [-0.25, -0.2) is 0 Å². The van der Waals surface area contributed by atoms with E-state index in [1.165, 1.54) is 19.3 Å². The lowest BCUT2D eigenvalue weighted by atomic mass is 9.75. The molecule has 15 heavy (non-hydrogen) atoms. The number of nitrogens with zero attached hydrogens (tertiary/aromatic N) is 1. The van der Waals surface area contributed by atoms with Crippen LogP contribution in [0.2, 0.25) is 0 Å². The van der Waals surface area contributed by atoms with Crippen molar-refractivity contribution >= 4 is 0 Å². The normalized spacial score (nSPS) is 29.5. The summed E-state index contributed by atoms with van der Waals surface area (Å²) in [6.07, 6.45) is 9.97. The van der Waals surface area contributed by atoms with Crippen LogP contribution in [0.4, 0.5) is 0 Å². The lowest BCUT2D eigenvalue weighted by Gasteiger charge is -2.30. The van der Waals surface area contributed by atoms with Gasteiger partial charge >= 0.3 is 0 Å². The minimum atomic E-state index is 0.500. The van der Waals surface area contributed by atoms with Crippen LogP contribution in [0.1, 0.15) is 52.9 Å². The molecule has 0 heterocycles. The van der Waals surface area contributed by atoms with E-state index in [4.69, 9.17) is 5.26 Å². The molecule has 1 saturated carbocycles. The summed E-state index contributed by atoms with van der Waals surface area (Å²) in [6.45, 7) is 7.18. The first-order valence-corrected chi connectivity index (χ1v) is 6.11. The molecule has 84 valence electrons. The first kappa shape index (κ1) is 12.3. The van der Waals surface area contributed by atoms with Gasteiger partial charge in [-0.2, -0.15) is 5.26 Å². The summed E-state index contributed by atoms with van der Waals surface area (Å²) in [6, 6.07) is 2.17. The Morgan fingerprint density at radius 3 is 2.60 bits per heavy atom. The molecule has 0 spiro atoms. The van der Waals surface area contributed by atoms with Crippen LogP contribution in [0, 0.1) is 28.6 Å². The molecule has 0 aromatic rings. The number of rotatable bonds is 4. The highest BCUT2D eigenvalue weighted by atomic mass is 14.4. The molecule has 1 rings (SSSR count). The van der Waals surface area contributed by atoms with E-state index < -0.39 is 0 Å². The fourth-order valence-corrected chi connectivity index (χ4v) is 2.55. The first-order valence-electron chi connectivity index (χ1n) is 6.11. The average Bonchev–Trinajstić information content (AvgIpc) is 2.44. The predicted octanol–water partition coefficient (Wildman–Crippen LogP) is 4.31. The number of nitriles is 1. The number of allylic oxidation sites excluding steroid dienone is 2. The van der Waals surface area contributed by atoms with Crippen LogP contribution in [0.5, 0.6) is 0 Å². The van der Waals surface area contributed by atoms with Crippen LogP contribution in [0.3, 0.4) is 0 Å². The van der Waals surface area contributed by atoms with Crippen molar-refractivity contribution in [1.82, 2.24) is 0 Å². The van der Waals surface area contributed by atoms with Gasteiger partial charge in [-0.15, -0.1) is 0 Å². The molecular formula is C14H23N. The molecule has 1 aliphatic rings. The highest BCUT2D eigenvalue weighted by molar-refractivity contribution is 4.95. The maximum absolute atomic E-state index is 8.41. The van der Waals surface area contributed by atoms with Crippen molar-refractivity contribution in [3.63, 3.8) is 0 Å². The van der Waals surface area contributed by atoms with Crippen LogP contribution in [0.25, 0.3) is 0 Å².